The first-order valence-corrected chi connectivity index (χ1v) is 8.43. The minimum Gasteiger partial charge on any atom is -0.333 e. The van der Waals surface area contributed by atoms with Gasteiger partial charge >= 0.3 is 0 Å². The van der Waals surface area contributed by atoms with E-state index in [0.717, 1.165) is 18.2 Å². The number of benzene rings is 1. The molecule has 6 nitrogen and oxygen atoms in total. The van der Waals surface area contributed by atoms with Crippen LogP contribution in [0.25, 0.3) is 22.6 Å². The summed E-state index contributed by atoms with van der Waals surface area (Å²) in [7, 11) is 0. The minimum atomic E-state index is -0.639. The Kier molecular flexibility index (Phi) is 4.37. The van der Waals surface area contributed by atoms with Crippen LogP contribution >= 0.6 is 23.2 Å². The number of nitrogens with zero attached hydrogens (tertiary/aromatic N) is 4. The number of H-pyrrole nitrogens is 1. The summed E-state index contributed by atoms with van der Waals surface area (Å²) in [6.45, 7) is 0.186. The largest absolute Gasteiger partial charge is 0.333 e. The molecular weight excluding hydrogens is 397 g/mol. The zero-order valence-corrected chi connectivity index (χ0v) is 15.0. The van der Waals surface area contributed by atoms with Gasteiger partial charge in [0.2, 0.25) is 0 Å². The van der Waals surface area contributed by atoms with Gasteiger partial charge in [-0.2, -0.15) is 0 Å². The molecule has 0 saturated heterocycles. The number of fused-ring (bicyclic) bond motifs is 1. The normalized spacial score (nSPS) is 11.3. The molecule has 10 heteroatoms. The Morgan fingerprint density at radius 3 is 2.74 bits per heavy atom. The van der Waals surface area contributed by atoms with Gasteiger partial charge in [0.15, 0.2) is 11.1 Å². The summed E-state index contributed by atoms with van der Waals surface area (Å²) in [6.07, 6.45) is 2.88. The lowest BCUT2D eigenvalue weighted by molar-refractivity contribution is 0.602. The van der Waals surface area contributed by atoms with E-state index < -0.39 is 11.6 Å². The molecule has 3 aromatic heterocycles. The molecule has 0 aliphatic heterocycles. The number of aromatic nitrogens is 5. The van der Waals surface area contributed by atoms with Crippen LogP contribution in [0.3, 0.4) is 0 Å². The molecule has 0 atom stereocenters. The van der Waals surface area contributed by atoms with Crippen LogP contribution in [0.1, 0.15) is 5.56 Å². The lowest BCUT2D eigenvalue weighted by Crippen LogP contribution is -2.13. The monoisotopic (exact) mass is 406 g/mol. The predicted octanol–water partition coefficient (Wildman–Crippen LogP) is 3.93. The van der Waals surface area contributed by atoms with Crippen LogP contribution in [0, 0.1) is 17.0 Å². The number of hydrogen-bond donors (Lipinski definition) is 2. The number of imidazole rings is 1. The highest BCUT2D eigenvalue weighted by molar-refractivity contribution is 6.35. The summed E-state index contributed by atoms with van der Waals surface area (Å²) in [5.41, 5.74) is 1.01. The van der Waals surface area contributed by atoms with Crippen molar-refractivity contribution in [3.63, 3.8) is 0 Å². The summed E-state index contributed by atoms with van der Waals surface area (Å²) in [4.78, 5) is 15.2. The molecule has 0 amide bonds. The second-order valence-electron chi connectivity index (χ2n) is 5.69. The Hall–Kier alpha value is -2.84. The first-order chi connectivity index (χ1) is 12.9. The quantitative estimate of drug-likeness (QED) is 0.505. The molecule has 27 heavy (non-hydrogen) atoms. The summed E-state index contributed by atoms with van der Waals surface area (Å²) >= 11 is 12.3. The van der Waals surface area contributed by atoms with E-state index >= 15 is 0 Å². The zero-order valence-electron chi connectivity index (χ0n) is 13.5. The Labute approximate surface area is 161 Å². The van der Waals surface area contributed by atoms with Crippen molar-refractivity contribution < 1.29 is 8.78 Å². The second kappa shape index (κ2) is 6.71. The third kappa shape index (κ3) is 3.17. The molecule has 0 saturated carbocycles. The van der Waals surface area contributed by atoms with Crippen molar-refractivity contribution in [2.24, 2.45) is 0 Å². The number of hydrogen-bond acceptors (Lipinski definition) is 4. The van der Waals surface area contributed by atoms with Gasteiger partial charge in [-0.1, -0.05) is 23.2 Å². The molecule has 2 N–H and O–H groups in total. The topological polar surface area (TPSA) is 83.2 Å². The molecule has 0 bridgehead atoms. The molecule has 136 valence electrons. The van der Waals surface area contributed by atoms with E-state index in [9.17, 15) is 8.78 Å². The second-order valence-corrected chi connectivity index (χ2v) is 6.46. The lowest BCUT2D eigenvalue weighted by Gasteiger charge is -2.09. The number of pyridine rings is 1. The summed E-state index contributed by atoms with van der Waals surface area (Å²) in [5.74, 6) is -1.15. The highest BCUT2D eigenvalue weighted by Gasteiger charge is 2.16. The van der Waals surface area contributed by atoms with E-state index in [4.69, 9.17) is 28.6 Å². The molecule has 0 fully saturated rings. The van der Waals surface area contributed by atoms with Gasteiger partial charge in [0.05, 0.1) is 23.5 Å². The van der Waals surface area contributed by atoms with Crippen molar-refractivity contribution in [3.8, 4) is 11.4 Å². The van der Waals surface area contributed by atoms with Crippen molar-refractivity contribution in [1.29, 1.82) is 5.41 Å². The van der Waals surface area contributed by atoms with Crippen LogP contribution in [-0.2, 0) is 6.54 Å². The molecular formula is C17H10Cl2F2N6. The van der Waals surface area contributed by atoms with Crippen LogP contribution in [0.2, 0.25) is 10.2 Å². The van der Waals surface area contributed by atoms with Crippen molar-refractivity contribution in [2.45, 2.75) is 6.54 Å². The van der Waals surface area contributed by atoms with Gasteiger partial charge in [0.25, 0.3) is 0 Å². The van der Waals surface area contributed by atoms with E-state index in [2.05, 4.69) is 19.9 Å². The van der Waals surface area contributed by atoms with E-state index in [0.29, 0.717) is 16.2 Å². The third-order valence-electron chi connectivity index (χ3n) is 3.98. The SMILES string of the molecule is N=c1ncn(Cc2c(Cl)ccnc2Cl)c2nc(-c3cc(F)ccc3F)[nH]c12. The van der Waals surface area contributed by atoms with Gasteiger partial charge in [-0.3, -0.25) is 5.41 Å². The fraction of sp³-hybridized carbons (Fsp3) is 0.0588. The molecule has 0 spiro atoms. The number of rotatable bonds is 3. The predicted molar refractivity (Wildman–Crippen MR) is 96.4 cm³/mol. The summed E-state index contributed by atoms with van der Waals surface area (Å²) in [5, 5.41) is 8.61. The highest BCUT2D eigenvalue weighted by Crippen LogP contribution is 2.26. The third-order valence-corrected chi connectivity index (χ3v) is 4.66. The number of aromatic amines is 1. The van der Waals surface area contributed by atoms with Crippen LogP contribution in [0.15, 0.2) is 36.8 Å². The van der Waals surface area contributed by atoms with E-state index in [-0.39, 0.29) is 34.1 Å². The maximum Gasteiger partial charge on any atom is 0.173 e. The lowest BCUT2D eigenvalue weighted by atomic mass is 10.2. The van der Waals surface area contributed by atoms with E-state index in [1.54, 1.807) is 10.6 Å². The maximum atomic E-state index is 14.1. The molecule has 0 radical (unpaired) electrons. The van der Waals surface area contributed by atoms with Gasteiger partial charge in [0.1, 0.15) is 28.1 Å². The standard InChI is InChI=1S/C17H10Cl2F2N6/c18-11-3-4-23-14(19)10(11)6-27-7-24-15(22)13-17(27)26-16(25-13)9-5-8(20)1-2-12(9)21/h1-5,7,22H,6H2,(H,25,26). The summed E-state index contributed by atoms with van der Waals surface area (Å²) in [6, 6.07) is 4.67. The van der Waals surface area contributed by atoms with Gasteiger partial charge in [-0.25, -0.2) is 23.7 Å². The number of halogens is 4. The first kappa shape index (κ1) is 17.6. The Balaban J connectivity index is 1.89. The molecule has 3 heterocycles. The molecule has 0 unspecified atom stereocenters. The smallest absolute Gasteiger partial charge is 0.173 e. The van der Waals surface area contributed by atoms with Crippen molar-refractivity contribution in [1.82, 2.24) is 24.5 Å². The van der Waals surface area contributed by atoms with Crippen molar-refractivity contribution in [3.05, 3.63) is 69.7 Å². The molecule has 1 aromatic carbocycles. The fourth-order valence-corrected chi connectivity index (χ4v) is 3.13. The van der Waals surface area contributed by atoms with Crippen molar-refractivity contribution in [2.75, 3.05) is 0 Å². The van der Waals surface area contributed by atoms with E-state index in [1.807, 2.05) is 0 Å². The Morgan fingerprint density at radius 1 is 1.15 bits per heavy atom. The zero-order chi connectivity index (χ0) is 19.1. The minimum absolute atomic E-state index is 0.0467. The van der Waals surface area contributed by atoms with Crippen LogP contribution in [0.4, 0.5) is 8.78 Å². The molecule has 4 rings (SSSR count). The first-order valence-electron chi connectivity index (χ1n) is 7.68. The van der Waals surface area contributed by atoms with Crippen molar-refractivity contribution >= 4 is 34.4 Å². The fourth-order valence-electron chi connectivity index (χ4n) is 2.66. The average molecular weight is 407 g/mol. The van der Waals surface area contributed by atoms with E-state index in [1.165, 1.54) is 12.5 Å². The van der Waals surface area contributed by atoms with Gasteiger partial charge in [-0.15, -0.1) is 0 Å². The summed E-state index contributed by atoms with van der Waals surface area (Å²) < 4.78 is 29.2. The molecule has 0 aliphatic carbocycles. The van der Waals surface area contributed by atoms with Crippen LogP contribution in [0.5, 0.6) is 0 Å². The molecule has 4 aromatic rings. The Bertz CT molecular complexity index is 1210. The van der Waals surface area contributed by atoms with Gasteiger partial charge in [0, 0.05) is 11.8 Å². The van der Waals surface area contributed by atoms with Crippen LogP contribution < -0.4 is 5.49 Å². The van der Waals surface area contributed by atoms with Crippen LogP contribution in [-0.4, -0.2) is 24.5 Å². The van der Waals surface area contributed by atoms with Gasteiger partial charge in [-0.05, 0) is 24.3 Å². The van der Waals surface area contributed by atoms with Gasteiger partial charge < -0.3 is 9.55 Å². The average Bonchev–Trinajstić information content (AvgIpc) is 3.08. The number of nitrogens with one attached hydrogen (secondary N) is 2. The molecule has 0 aliphatic rings. The maximum absolute atomic E-state index is 14.1. The highest BCUT2D eigenvalue weighted by atomic mass is 35.5. The Morgan fingerprint density at radius 2 is 1.96 bits per heavy atom.